The number of fused-ring (bicyclic) bond motifs is 1. The quantitative estimate of drug-likeness (QED) is 0.735. The Morgan fingerprint density at radius 3 is 2.61 bits per heavy atom. The van der Waals surface area contributed by atoms with E-state index in [1.165, 1.54) is 24.3 Å². The van der Waals surface area contributed by atoms with Gasteiger partial charge in [0.2, 0.25) is 10.0 Å². The molecule has 0 bridgehead atoms. The summed E-state index contributed by atoms with van der Waals surface area (Å²) in [5, 5.41) is 9.31. The van der Waals surface area contributed by atoms with Crippen molar-refractivity contribution in [3.63, 3.8) is 0 Å². The van der Waals surface area contributed by atoms with Crippen LogP contribution in [0, 0.1) is 0 Å². The molecule has 0 saturated carbocycles. The summed E-state index contributed by atoms with van der Waals surface area (Å²) >= 11 is 5.84. The highest BCUT2D eigenvalue weighted by molar-refractivity contribution is 7.89. The number of nitrogens with one attached hydrogen (secondary N) is 1. The van der Waals surface area contributed by atoms with Gasteiger partial charge in [0.15, 0.2) is 18.1 Å². The molecule has 1 aliphatic rings. The number of carboxylic acids is 1. The zero-order valence-electron chi connectivity index (χ0n) is 15.3. The highest BCUT2D eigenvalue weighted by atomic mass is 35.5. The molecule has 150 valence electrons. The van der Waals surface area contributed by atoms with Crippen LogP contribution >= 0.6 is 11.6 Å². The smallest absolute Gasteiger partial charge is 0.341 e. The first-order valence-electron chi connectivity index (χ1n) is 8.52. The molecule has 1 atom stereocenters. The number of aliphatic carboxylic acids is 1. The molecule has 0 saturated heterocycles. The summed E-state index contributed by atoms with van der Waals surface area (Å²) in [5.41, 5.74) is -0.108. The van der Waals surface area contributed by atoms with E-state index in [1.54, 1.807) is 18.2 Å². The zero-order valence-corrected chi connectivity index (χ0v) is 16.9. The Balaban J connectivity index is 1.96. The number of carbonyl (C=O) groups is 1. The fraction of sp³-hybridized carbons (Fsp3) is 0.316. The van der Waals surface area contributed by atoms with Crippen molar-refractivity contribution in [3.05, 3.63) is 53.1 Å². The van der Waals surface area contributed by atoms with Gasteiger partial charge in [-0.05, 0) is 44.2 Å². The Bertz CT molecular complexity index is 988. The number of benzene rings is 2. The van der Waals surface area contributed by atoms with Crippen LogP contribution in [0.1, 0.15) is 31.9 Å². The van der Waals surface area contributed by atoms with E-state index in [-0.39, 0.29) is 10.6 Å². The van der Waals surface area contributed by atoms with Gasteiger partial charge in [-0.25, -0.2) is 17.9 Å². The monoisotopic (exact) mass is 425 g/mol. The molecule has 0 radical (unpaired) electrons. The Morgan fingerprint density at radius 1 is 1.29 bits per heavy atom. The summed E-state index contributed by atoms with van der Waals surface area (Å²) < 4.78 is 39.7. The zero-order chi connectivity index (χ0) is 20.5. The molecule has 1 heterocycles. The third kappa shape index (κ3) is 4.57. The van der Waals surface area contributed by atoms with Crippen LogP contribution in [0.15, 0.2) is 47.4 Å². The summed E-state index contributed by atoms with van der Waals surface area (Å²) in [6.07, 6.45) is 0.384. The summed E-state index contributed by atoms with van der Waals surface area (Å²) in [4.78, 5) is 10.9. The fourth-order valence-corrected chi connectivity index (χ4v) is 4.40. The predicted octanol–water partition coefficient (Wildman–Crippen LogP) is 3.38. The molecule has 9 heteroatoms. The average molecular weight is 426 g/mol. The van der Waals surface area contributed by atoms with Gasteiger partial charge < -0.3 is 14.6 Å². The lowest BCUT2D eigenvalue weighted by Gasteiger charge is -2.38. The van der Waals surface area contributed by atoms with Gasteiger partial charge in [0.1, 0.15) is 5.60 Å². The lowest BCUT2D eigenvalue weighted by Crippen LogP contribution is -2.41. The summed E-state index contributed by atoms with van der Waals surface area (Å²) in [7, 11) is -3.81. The normalized spacial score (nSPS) is 18.0. The number of sulfonamides is 1. The molecule has 1 unspecified atom stereocenters. The van der Waals surface area contributed by atoms with E-state index in [0.29, 0.717) is 22.8 Å². The number of halogens is 1. The molecule has 7 nitrogen and oxygen atoms in total. The van der Waals surface area contributed by atoms with Crippen LogP contribution in [0.2, 0.25) is 5.02 Å². The Hall–Kier alpha value is -2.29. The van der Waals surface area contributed by atoms with Crippen LogP contribution in [0.5, 0.6) is 11.5 Å². The van der Waals surface area contributed by atoms with Crippen molar-refractivity contribution in [2.24, 2.45) is 0 Å². The standard InChI is InChI=1S/C19H20ClNO6S/c1-19(2)10-15(21-28(24,25)13-8-6-12(20)7-9-13)14-4-3-5-16(18(14)27-19)26-11-17(22)23/h3-9,15,21H,10-11H2,1-2H3,(H,22,23). The molecule has 3 rings (SSSR count). The maximum absolute atomic E-state index is 12.8. The second-order valence-corrected chi connectivity index (χ2v) is 9.20. The molecule has 0 fully saturated rings. The number of para-hydroxylation sites is 1. The van der Waals surface area contributed by atoms with Gasteiger partial charge in [-0.3, -0.25) is 0 Å². The highest BCUT2D eigenvalue weighted by Gasteiger charge is 2.37. The van der Waals surface area contributed by atoms with Gasteiger partial charge in [-0.15, -0.1) is 0 Å². The number of ether oxygens (including phenoxy) is 2. The van der Waals surface area contributed by atoms with Crippen molar-refractivity contribution in [1.29, 1.82) is 0 Å². The maximum atomic E-state index is 12.8. The first-order chi connectivity index (χ1) is 13.1. The van der Waals surface area contributed by atoms with E-state index in [4.69, 9.17) is 26.2 Å². The molecular formula is C19H20ClNO6S. The number of hydrogen-bond acceptors (Lipinski definition) is 5. The Labute approximate surface area is 168 Å². The van der Waals surface area contributed by atoms with E-state index in [0.717, 1.165) is 0 Å². The first-order valence-corrected chi connectivity index (χ1v) is 10.4. The van der Waals surface area contributed by atoms with Gasteiger partial charge in [0.05, 0.1) is 10.9 Å². The van der Waals surface area contributed by atoms with Crippen LogP contribution in [-0.2, 0) is 14.8 Å². The van der Waals surface area contributed by atoms with Crippen molar-refractivity contribution >= 4 is 27.6 Å². The number of hydrogen-bond donors (Lipinski definition) is 2. The number of carboxylic acid groups (broad SMARTS) is 1. The molecule has 2 aromatic carbocycles. The minimum absolute atomic E-state index is 0.0982. The third-order valence-corrected chi connectivity index (χ3v) is 5.97. The van der Waals surface area contributed by atoms with Gasteiger partial charge in [-0.2, -0.15) is 0 Å². The molecule has 0 spiro atoms. The fourth-order valence-electron chi connectivity index (χ4n) is 3.06. The average Bonchev–Trinajstić information content (AvgIpc) is 2.59. The summed E-state index contributed by atoms with van der Waals surface area (Å²) in [6.45, 7) is 3.13. The van der Waals surface area contributed by atoms with Crippen LogP contribution in [0.4, 0.5) is 0 Å². The van der Waals surface area contributed by atoms with Gasteiger partial charge >= 0.3 is 5.97 Å². The van der Waals surface area contributed by atoms with E-state index < -0.39 is 34.2 Å². The second-order valence-electron chi connectivity index (χ2n) is 7.05. The lowest BCUT2D eigenvalue weighted by molar-refractivity contribution is -0.139. The van der Waals surface area contributed by atoms with Crippen molar-refractivity contribution in [3.8, 4) is 11.5 Å². The molecular weight excluding hydrogens is 406 g/mol. The first kappa shape index (κ1) is 20.4. The van der Waals surface area contributed by atoms with Gasteiger partial charge in [0, 0.05) is 17.0 Å². The minimum Gasteiger partial charge on any atom is -0.484 e. The van der Waals surface area contributed by atoms with Crippen molar-refractivity contribution < 1.29 is 27.8 Å². The van der Waals surface area contributed by atoms with E-state index in [9.17, 15) is 13.2 Å². The minimum atomic E-state index is -3.81. The predicted molar refractivity (Wildman–Crippen MR) is 103 cm³/mol. The maximum Gasteiger partial charge on any atom is 0.341 e. The highest BCUT2D eigenvalue weighted by Crippen LogP contribution is 2.45. The van der Waals surface area contributed by atoms with Crippen molar-refractivity contribution in [1.82, 2.24) is 4.72 Å². The topological polar surface area (TPSA) is 102 Å². The third-order valence-electron chi connectivity index (χ3n) is 4.23. The summed E-state index contributed by atoms with van der Waals surface area (Å²) in [5.74, 6) is -0.528. The van der Waals surface area contributed by atoms with Crippen LogP contribution in [0.25, 0.3) is 0 Å². The molecule has 2 aromatic rings. The molecule has 0 aliphatic carbocycles. The largest absolute Gasteiger partial charge is 0.484 e. The van der Waals surface area contributed by atoms with Crippen LogP contribution in [0.3, 0.4) is 0 Å². The van der Waals surface area contributed by atoms with E-state index in [2.05, 4.69) is 4.72 Å². The van der Waals surface area contributed by atoms with Crippen molar-refractivity contribution in [2.75, 3.05) is 6.61 Å². The molecule has 1 aliphatic heterocycles. The Kier molecular flexibility index (Phi) is 5.56. The molecule has 2 N–H and O–H groups in total. The van der Waals surface area contributed by atoms with Gasteiger partial charge in [-0.1, -0.05) is 23.7 Å². The Morgan fingerprint density at radius 2 is 1.96 bits per heavy atom. The SMILES string of the molecule is CC1(C)CC(NS(=O)(=O)c2ccc(Cl)cc2)c2cccc(OCC(=O)O)c2O1. The van der Waals surface area contributed by atoms with E-state index >= 15 is 0 Å². The number of rotatable bonds is 6. The van der Waals surface area contributed by atoms with Crippen LogP contribution in [-0.4, -0.2) is 31.7 Å². The lowest BCUT2D eigenvalue weighted by atomic mass is 9.90. The summed E-state index contributed by atoms with van der Waals surface area (Å²) in [6, 6.07) is 10.3. The second kappa shape index (κ2) is 7.62. The van der Waals surface area contributed by atoms with Crippen molar-refractivity contribution in [2.45, 2.75) is 36.8 Å². The molecule has 0 amide bonds. The van der Waals surface area contributed by atoms with Crippen LogP contribution < -0.4 is 14.2 Å². The van der Waals surface area contributed by atoms with Gasteiger partial charge in [0.25, 0.3) is 0 Å². The van der Waals surface area contributed by atoms with E-state index in [1.807, 2.05) is 13.8 Å². The molecule has 0 aromatic heterocycles. The molecule has 28 heavy (non-hydrogen) atoms.